The minimum absolute atomic E-state index is 0.0655. The van der Waals surface area contributed by atoms with Crippen molar-refractivity contribution in [2.45, 2.75) is 18.3 Å². The van der Waals surface area contributed by atoms with Crippen LogP contribution < -0.4 is 5.73 Å². The van der Waals surface area contributed by atoms with Gasteiger partial charge >= 0.3 is 6.03 Å². The Morgan fingerprint density at radius 2 is 2.12 bits per heavy atom. The monoisotopic (exact) mass is 236 g/mol. The first kappa shape index (κ1) is 11.0. The van der Waals surface area contributed by atoms with Crippen LogP contribution in [0.1, 0.15) is 18.6 Å². The van der Waals surface area contributed by atoms with Crippen molar-refractivity contribution in [2.24, 2.45) is 10.7 Å². The molecular weight excluding hydrogens is 224 g/mol. The summed E-state index contributed by atoms with van der Waals surface area (Å²) in [7, 11) is 0. The van der Waals surface area contributed by atoms with Gasteiger partial charge in [0.2, 0.25) is 0 Å². The van der Waals surface area contributed by atoms with Crippen molar-refractivity contribution in [3.63, 3.8) is 0 Å². The van der Waals surface area contributed by atoms with E-state index < -0.39 is 6.03 Å². The van der Waals surface area contributed by atoms with Crippen LogP contribution in [0, 0.1) is 0 Å². The molecule has 1 saturated heterocycles. The molecule has 2 rings (SSSR count). The SMILES string of the molecule is C[C@H]1S/C(=N\C(N)=O)O[C@@H]1c1ccccc1. The van der Waals surface area contributed by atoms with Gasteiger partial charge in [0.15, 0.2) is 0 Å². The van der Waals surface area contributed by atoms with Gasteiger partial charge in [0, 0.05) is 0 Å². The molecule has 1 fully saturated rings. The molecule has 0 unspecified atom stereocenters. The van der Waals surface area contributed by atoms with Crippen LogP contribution in [0.25, 0.3) is 0 Å². The largest absolute Gasteiger partial charge is 0.463 e. The van der Waals surface area contributed by atoms with Crippen molar-refractivity contribution < 1.29 is 9.53 Å². The molecule has 1 aromatic carbocycles. The molecule has 0 aliphatic carbocycles. The molecule has 2 N–H and O–H groups in total. The number of nitrogens with two attached hydrogens (primary N) is 1. The van der Waals surface area contributed by atoms with E-state index in [-0.39, 0.29) is 11.4 Å². The fourth-order valence-electron chi connectivity index (χ4n) is 1.58. The Balaban J connectivity index is 2.17. The lowest BCUT2D eigenvalue weighted by molar-refractivity contribution is 0.211. The molecule has 2 amide bonds. The van der Waals surface area contributed by atoms with E-state index in [1.165, 1.54) is 11.8 Å². The molecule has 0 bridgehead atoms. The van der Waals surface area contributed by atoms with Crippen LogP contribution in [0.2, 0.25) is 0 Å². The number of benzene rings is 1. The summed E-state index contributed by atoms with van der Waals surface area (Å²) in [6, 6.07) is 9.14. The summed E-state index contributed by atoms with van der Waals surface area (Å²) in [4.78, 5) is 14.2. The van der Waals surface area contributed by atoms with E-state index in [4.69, 9.17) is 10.5 Å². The zero-order valence-electron chi connectivity index (χ0n) is 8.79. The quantitative estimate of drug-likeness (QED) is 0.813. The highest BCUT2D eigenvalue weighted by atomic mass is 32.2. The molecule has 84 valence electrons. The average Bonchev–Trinajstić information content (AvgIpc) is 2.60. The normalized spacial score (nSPS) is 26.7. The third kappa shape index (κ3) is 2.36. The molecule has 1 aliphatic rings. The van der Waals surface area contributed by atoms with Crippen molar-refractivity contribution in [3.8, 4) is 0 Å². The van der Waals surface area contributed by atoms with Gasteiger partial charge in [0.25, 0.3) is 5.23 Å². The lowest BCUT2D eigenvalue weighted by Gasteiger charge is -2.12. The average molecular weight is 236 g/mol. The molecule has 0 saturated carbocycles. The summed E-state index contributed by atoms with van der Waals surface area (Å²) in [6.07, 6.45) is -0.0655. The van der Waals surface area contributed by atoms with Crippen molar-refractivity contribution in [1.29, 1.82) is 0 Å². The molecule has 1 aromatic rings. The molecule has 1 heterocycles. The molecule has 4 nitrogen and oxygen atoms in total. The Hall–Kier alpha value is -1.49. The first-order valence-corrected chi connectivity index (χ1v) is 5.81. The first-order chi connectivity index (χ1) is 7.66. The second kappa shape index (κ2) is 4.57. The predicted octanol–water partition coefficient (Wildman–Crippen LogP) is 2.31. The minimum Gasteiger partial charge on any atom is -0.463 e. The van der Waals surface area contributed by atoms with Crippen molar-refractivity contribution in [1.82, 2.24) is 0 Å². The maximum atomic E-state index is 10.6. The number of carbonyl (C=O) groups excluding carboxylic acids is 1. The third-order valence-corrected chi connectivity index (χ3v) is 3.28. The fraction of sp³-hybridized carbons (Fsp3) is 0.273. The maximum absolute atomic E-state index is 10.6. The smallest absolute Gasteiger partial charge is 0.342 e. The number of carbonyl (C=O) groups is 1. The van der Waals surface area contributed by atoms with Gasteiger partial charge in [-0.25, -0.2) is 4.79 Å². The van der Waals surface area contributed by atoms with Crippen LogP contribution in [0.4, 0.5) is 4.79 Å². The van der Waals surface area contributed by atoms with E-state index >= 15 is 0 Å². The van der Waals surface area contributed by atoms with E-state index in [9.17, 15) is 4.79 Å². The van der Waals surface area contributed by atoms with Gasteiger partial charge in [-0.15, -0.1) is 0 Å². The summed E-state index contributed by atoms with van der Waals surface area (Å²) >= 11 is 1.42. The fourth-order valence-corrected chi connectivity index (χ4v) is 2.53. The van der Waals surface area contributed by atoms with E-state index in [0.717, 1.165) is 5.56 Å². The van der Waals surface area contributed by atoms with Gasteiger partial charge in [-0.05, 0) is 12.5 Å². The van der Waals surface area contributed by atoms with Crippen molar-refractivity contribution in [2.75, 3.05) is 0 Å². The molecule has 5 heteroatoms. The Kier molecular flexibility index (Phi) is 3.14. The number of hydrogen-bond donors (Lipinski definition) is 1. The second-order valence-corrected chi connectivity index (χ2v) is 4.82. The Labute approximate surface area is 97.9 Å². The molecular formula is C11H12N2O2S. The van der Waals surface area contributed by atoms with Gasteiger partial charge in [-0.1, -0.05) is 42.1 Å². The number of urea groups is 1. The van der Waals surface area contributed by atoms with Crippen LogP contribution in [0.15, 0.2) is 35.3 Å². The van der Waals surface area contributed by atoms with Crippen LogP contribution in [-0.2, 0) is 4.74 Å². The van der Waals surface area contributed by atoms with E-state index in [0.29, 0.717) is 5.23 Å². The summed E-state index contributed by atoms with van der Waals surface area (Å²) in [5.41, 5.74) is 6.06. The molecule has 0 aromatic heterocycles. The highest BCUT2D eigenvalue weighted by molar-refractivity contribution is 8.14. The summed E-state index contributed by atoms with van der Waals surface area (Å²) < 4.78 is 5.58. The van der Waals surface area contributed by atoms with Crippen molar-refractivity contribution >= 4 is 23.0 Å². The highest BCUT2D eigenvalue weighted by Gasteiger charge is 2.32. The van der Waals surface area contributed by atoms with Gasteiger partial charge in [-0.3, -0.25) is 0 Å². The number of amides is 2. The second-order valence-electron chi connectivity index (χ2n) is 3.49. The van der Waals surface area contributed by atoms with Crippen LogP contribution in [-0.4, -0.2) is 16.5 Å². The zero-order chi connectivity index (χ0) is 11.5. The Morgan fingerprint density at radius 3 is 2.75 bits per heavy atom. The molecule has 16 heavy (non-hydrogen) atoms. The maximum Gasteiger partial charge on any atom is 0.342 e. The van der Waals surface area contributed by atoms with Crippen molar-refractivity contribution in [3.05, 3.63) is 35.9 Å². The van der Waals surface area contributed by atoms with Gasteiger partial charge in [0.1, 0.15) is 6.10 Å². The highest BCUT2D eigenvalue weighted by Crippen LogP contribution is 2.38. The topological polar surface area (TPSA) is 64.7 Å². The van der Waals surface area contributed by atoms with Crippen LogP contribution in [0.5, 0.6) is 0 Å². The van der Waals surface area contributed by atoms with Gasteiger partial charge in [0.05, 0.1) is 5.25 Å². The van der Waals surface area contributed by atoms with Gasteiger partial charge in [-0.2, -0.15) is 4.99 Å². The number of aliphatic imine (C=N–C) groups is 1. The number of thioether (sulfide) groups is 1. The summed E-state index contributed by atoms with van der Waals surface area (Å²) in [5.74, 6) is 0. The predicted molar refractivity (Wildman–Crippen MR) is 64.3 cm³/mol. The van der Waals surface area contributed by atoms with E-state index in [1.807, 2.05) is 37.3 Å². The van der Waals surface area contributed by atoms with Gasteiger partial charge < -0.3 is 10.5 Å². The molecule has 2 atom stereocenters. The third-order valence-electron chi connectivity index (χ3n) is 2.27. The summed E-state index contributed by atoms with van der Waals surface area (Å²) in [5, 5.41) is 0.578. The van der Waals surface area contributed by atoms with Crippen LogP contribution in [0.3, 0.4) is 0 Å². The lowest BCUT2D eigenvalue weighted by atomic mass is 10.1. The number of nitrogens with zero attached hydrogens (tertiary/aromatic N) is 1. The minimum atomic E-state index is -0.719. The first-order valence-electron chi connectivity index (χ1n) is 4.93. The summed E-state index contributed by atoms with van der Waals surface area (Å²) in [6.45, 7) is 2.03. The standard InChI is InChI=1S/C11H12N2O2S/c1-7-9(8-5-3-2-4-6-8)15-11(16-7)13-10(12)14/h2-7,9H,1H3,(H2,12,14)/b13-11-/t7-,9+/m1/s1. The molecule has 0 radical (unpaired) electrons. The van der Waals surface area contributed by atoms with Crippen LogP contribution >= 0.6 is 11.8 Å². The molecule has 0 spiro atoms. The van der Waals surface area contributed by atoms with E-state index in [1.54, 1.807) is 0 Å². The number of ether oxygens (including phenoxy) is 1. The lowest BCUT2D eigenvalue weighted by Crippen LogP contribution is -2.09. The number of hydrogen-bond acceptors (Lipinski definition) is 3. The Bertz CT molecular complexity index is 419. The van der Waals surface area contributed by atoms with E-state index in [2.05, 4.69) is 4.99 Å². The Morgan fingerprint density at radius 1 is 1.44 bits per heavy atom. The number of rotatable bonds is 1. The zero-order valence-corrected chi connectivity index (χ0v) is 9.61. The molecule has 1 aliphatic heterocycles. The number of primary amides is 1.